The van der Waals surface area contributed by atoms with Gasteiger partial charge in [-0.2, -0.15) is 4.98 Å². The van der Waals surface area contributed by atoms with Crippen LogP contribution in [0.25, 0.3) is 10.9 Å². The van der Waals surface area contributed by atoms with Crippen molar-refractivity contribution in [3.05, 3.63) is 76.3 Å². The molecule has 4 rings (SSSR count). The number of hydrogen-bond donors (Lipinski definition) is 2. The molecule has 10 heteroatoms. The Balaban J connectivity index is 0.000000491. The molecule has 0 amide bonds. The molecule has 0 bridgehead atoms. The molecule has 2 heterocycles. The van der Waals surface area contributed by atoms with Crippen molar-refractivity contribution in [1.29, 1.82) is 0 Å². The Labute approximate surface area is 190 Å². The number of fused-ring (bicyclic) bond motifs is 1. The topological polar surface area (TPSA) is 147 Å². The zero-order chi connectivity index (χ0) is 23.1. The maximum Gasteiger partial charge on any atom is 0.414 e. The van der Waals surface area contributed by atoms with Gasteiger partial charge in [-0.25, -0.2) is 9.59 Å². The van der Waals surface area contributed by atoms with Gasteiger partial charge in [0.2, 0.25) is 0 Å². The highest BCUT2D eigenvalue weighted by Gasteiger charge is 2.19. The van der Waals surface area contributed by atoms with E-state index in [1.54, 1.807) is 0 Å². The van der Waals surface area contributed by atoms with Crippen LogP contribution in [0, 0.1) is 0 Å². The van der Waals surface area contributed by atoms with Gasteiger partial charge in [0.25, 0.3) is 5.56 Å². The number of piperazine rings is 1. The standard InChI is InChI=1S/C21H24N4O.C2H2O4.H2O/c1-23-19-10-6-5-9-18(19)21(26)22-20(23)16-25-13-11-24(12-14-25)15-17-7-3-2-4-8-17;3-1(4)2(5)6;/h2-10H,11-16H2,1H3;(H,3,4)(H,5,6);1H2. The molecule has 0 spiro atoms. The second kappa shape index (κ2) is 11.9. The molecule has 0 radical (unpaired) electrons. The van der Waals surface area contributed by atoms with Gasteiger partial charge in [0.05, 0.1) is 17.4 Å². The fourth-order valence-electron chi connectivity index (χ4n) is 3.63. The summed E-state index contributed by atoms with van der Waals surface area (Å²) in [6.45, 7) is 5.79. The summed E-state index contributed by atoms with van der Waals surface area (Å²) in [7, 11) is 2.00. The van der Waals surface area contributed by atoms with E-state index in [1.165, 1.54) is 5.56 Å². The number of aromatic nitrogens is 2. The molecule has 33 heavy (non-hydrogen) atoms. The van der Waals surface area contributed by atoms with E-state index in [4.69, 9.17) is 19.8 Å². The molecule has 4 N–H and O–H groups in total. The normalized spacial score (nSPS) is 14.1. The number of rotatable bonds is 4. The van der Waals surface area contributed by atoms with Gasteiger partial charge in [-0.1, -0.05) is 42.5 Å². The van der Waals surface area contributed by atoms with E-state index in [0.717, 1.165) is 50.6 Å². The van der Waals surface area contributed by atoms with E-state index < -0.39 is 11.9 Å². The van der Waals surface area contributed by atoms with Crippen molar-refractivity contribution in [1.82, 2.24) is 19.4 Å². The highest BCUT2D eigenvalue weighted by Crippen LogP contribution is 2.13. The number of aliphatic carboxylic acids is 2. The molecule has 176 valence electrons. The van der Waals surface area contributed by atoms with Crippen LogP contribution in [-0.2, 0) is 29.7 Å². The Morgan fingerprint density at radius 2 is 1.36 bits per heavy atom. The quantitative estimate of drug-likeness (QED) is 0.542. The molecular formula is C23H28N4O6. The van der Waals surface area contributed by atoms with E-state index in [0.29, 0.717) is 5.39 Å². The van der Waals surface area contributed by atoms with Crippen molar-refractivity contribution in [2.45, 2.75) is 13.1 Å². The smallest absolute Gasteiger partial charge is 0.414 e. The van der Waals surface area contributed by atoms with E-state index in [-0.39, 0.29) is 11.0 Å². The summed E-state index contributed by atoms with van der Waals surface area (Å²) < 4.78 is 2.05. The molecule has 1 aliphatic rings. The first-order valence-corrected chi connectivity index (χ1v) is 10.2. The first-order valence-electron chi connectivity index (χ1n) is 10.2. The Bertz CT molecular complexity index is 1130. The molecule has 1 aromatic heterocycles. The Hall–Kier alpha value is -3.60. The summed E-state index contributed by atoms with van der Waals surface area (Å²) in [4.78, 5) is 39.7. The second-order valence-corrected chi connectivity index (χ2v) is 7.56. The lowest BCUT2D eigenvalue weighted by Crippen LogP contribution is -2.46. The summed E-state index contributed by atoms with van der Waals surface area (Å²) in [5.41, 5.74) is 2.18. The minimum absolute atomic E-state index is 0. The van der Waals surface area contributed by atoms with Crippen molar-refractivity contribution in [3.63, 3.8) is 0 Å². The Morgan fingerprint density at radius 1 is 0.848 bits per heavy atom. The minimum Gasteiger partial charge on any atom is -0.473 e. The first kappa shape index (κ1) is 25.7. The minimum atomic E-state index is -1.82. The highest BCUT2D eigenvalue weighted by molar-refractivity contribution is 6.27. The van der Waals surface area contributed by atoms with Crippen LogP contribution < -0.4 is 5.56 Å². The van der Waals surface area contributed by atoms with Crippen LogP contribution >= 0.6 is 0 Å². The maximum atomic E-state index is 12.3. The molecule has 1 aliphatic heterocycles. The average Bonchev–Trinajstić information content (AvgIpc) is 2.80. The average molecular weight is 456 g/mol. The number of carboxylic acids is 2. The number of carbonyl (C=O) groups is 2. The Kier molecular flexibility index (Phi) is 9.22. The van der Waals surface area contributed by atoms with E-state index in [9.17, 15) is 4.79 Å². The third kappa shape index (κ3) is 6.94. The molecule has 3 aromatic rings. The fraction of sp³-hybridized carbons (Fsp3) is 0.304. The Morgan fingerprint density at radius 3 is 1.94 bits per heavy atom. The van der Waals surface area contributed by atoms with Gasteiger partial charge in [-0.05, 0) is 17.7 Å². The fourth-order valence-corrected chi connectivity index (χ4v) is 3.63. The summed E-state index contributed by atoms with van der Waals surface area (Å²) in [5, 5.41) is 15.5. The number of aryl methyl sites for hydroxylation is 1. The van der Waals surface area contributed by atoms with Crippen LogP contribution in [0.5, 0.6) is 0 Å². The van der Waals surface area contributed by atoms with E-state index >= 15 is 0 Å². The summed E-state index contributed by atoms with van der Waals surface area (Å²) in [5.74, 6) is -2.81. The van der Waals surface area contributed by atoms with Gasteiger partial charge in [0.1, 0.15) is 5.82 Å². The van der Waals surface area contributed by atoms with Crippen molar-refractivity contribution in [2.75, 3.05) is 26.2 Å². The maximum absolute atomic E-state index is 12.3. The van der Waals surface area contributed by atoms with Crippen molar-refractivity contribution < 1.29 is 25.3 Å². The molecule has 2 aromatic carbocycles. The van der Waals surface area contributed by atoms with Crippen LogP contribution in [0.2, 0.25) is 0 Å². The van der Waals surface area contributed by atoms with Crippen LogP contribution in [0.3, 0.4) is 0 Å². The zero-order valence-corrected chi connectivity index (χ0v) is 18.3. The predicted octanol–water partition coefficient (Wildman–Crippen LogP) is 0.582. The molecule has 10 nitrogen and oxygen atoms in total. The lowest BCUT2D eigenvalue weighted by Gasteiger charge is -2.34. The molecule has 1 fully saturated rings. The van der Waals surface area contributed by atoms with Gasteiger partial charge in [-0.3, -0.25) is 14.6 Å². The van der Waals surface area contributed by atoms with Gasteiger partial charge in [-0.15, -0.1) is 0 Å². The van der Waals surface area contributed by atoms with Crippen LogP contribution in [0.15, 0.2) is 59.4 Å². The molecule has 0 saturated carbocycles. The number of carboxylic acid groups (broad SMARTS) is 2. The highest BCUT2D eigenvalue weighted by atomic mass is 16.4. The van der Waals surface area contributed by atoms with E-state index in [1.807, 2.05) is 35.9 Å². The molecule has 0 unspecified atom stereocenters. The molecule has 1 saturated heterocycles. The van der Waals surface area contributed by atoms with Gasteiger partial charge in [0.15, 0.2) is 0 Å². The van der Waals surface area contributed by atoms with Crippen LogP contribution in [-0.4, -0.2) is 73.2 Å². The summed E-state index contributed by atoms with van der Waals surface area (Å²) in [6, 6.07) is 18.3. The van der Waals surface area contributed by atoms with Gasteiger partial charge in [0, 0.05) is 39.8 Å². The van der Waals surface area contributed by atoms with Crippen LogP contribution in [0.4, 0.5) is 0 Å². The van der Waals surface area contributed by atoms with E-state index in [2.05, 4.69) is 45.1 Å². The van der Waals surface area contributed by atoms with Crippen molar-refractivity contribution >= 4 is 22.8 Å². The third-order valence-electron chi connectivity index (χ3n) is 5.38. The SMILES string of the molecule is Cn1c(CN2CCN(Cc3ccccc3)CC2)nc(=O)c2ccccc21.O.O=C(O)C(=O)O. The summed E-state index contributed by atoms with van der Waals surface area (Å²) in [6.07, 6.45) is 0. The number of para-hydroxylation sites is 1. The lowest BCUT2D eigenvalue weighted by molar-refractivity contribution is -0.159. The molecule has 0 atom stereocenters. The summed E-state index contributed by atoms with van der Waals surface area (Å²) >= 11 is 0. The molecular weight excluding hydrogens is 428 g/mol. The second-order valence-electron chi connectivity index (χ2n) is 7.56. The first-order chi connectivity index (χ1) is 15.3. The van der Waals surface area contributed by atoms with Gasteiger partial charge < -0.3 is 20.3 Å². The number of nitrogens with zero attached hydrogens (tertiary/aromatic N) is 4. The predicted molar refractivity (Wildman–Crippen MR) is 123 cm³/mol. The van der Waals surface area contributed by atoms with Crippen molar-refractivity contribution in [3.8, 4) is 0 Å². The largest absolute Gasteiger partial charge is 0.473 e. The third-order valence-corrected chi connectivity index (χ3v) is 5.38. The zero-order valence-electron chi connectivity index (χ0n) is 18.3. The number of benzene rings is 2. The van der Waals surface area contributed by atoms with Gasteiger partial charge >= 0.3 is 11.9 Å². The monoisotopic (exact) mass is 456 g/mol. The van der Waals surface area contributed by atoms with Crippen molar-refractivity contribution in [2.24, 2.45) is 7.05 Å². The number of hydrogen-bond acceptors (Lipinski definition) is 6. The molecule has 0 aliphatic carbocycles. The lowest BCUT2D eigenvalue weighted by atomic mass is 10.2. The van der Waals surface area contributed by atoms with Crippen LogP contribution in [0.1, 0.15) is 11.4 Å².